The lowest BCUT2D eigenvalue weighted by atomic mass is 9.74. The van der Waals surface area contributed by atoms with Crippen LogP contribution in [-0.4, -0.2) is 43.8 Å². The van der Waals surface area contributed by atoms with Crippen molar-refractivity contribution in [3.8, 4) is 0 Å². The molecule has 23 heavy (non-hydrogen) atoms. The van der Waals surface area contributed by atoms with Crippen molar-refractivity contribution in [2.75, 3.05) is 26.8 Å². The second kappa shape index (κ2) is 6.91. The molecule has 0 radical (unpaired) electrons. The van der Waals surface area contributed by atoms with E-state index in [0.29, 0.717) is 12.6 Å². The SMILES string of the molecule is Cc1ccc(C2(CNC(=O)N(C)C3CCC3)CCOCC2)cc1. The number of benzene rings is 1. The first kappa shape index (κ1) is 16.3. The second-order valence-corrected chi connectivity index (χ2v) is 7.11. The highest BCUT2D eigenvalue weighted by Gasteiger charge is 2.35. The van der Waals surface area contributed by atoms with Gasteiger partial charge in [-0.15, -0.1) is 0 Å². The summed E-state index contributed by atoms with van der Waals surface area (Å²) in [5.41, 5.74) is 2.59. The molecule has 4 nitrogen and oxygen atoms in total. The predicted octanol–water partition coefficient (Wildman–Crippen LogP) is 3.24. The van der Waals surface area contributed by atoms with E-state index in [2.05, 4.69) is 36.5 Å². The topological polar surface area (TPSA) is 41.6 Å². The maximum Gasteiger partial charge on any atom is 0.317 e. The summed E-state index contributed by atoms with van der Waals surface area (Å²) < 4.78 is 5.57. The lowest BCUT2D eigenvalue weighted by molar-refractivity contribution is 0.0497. The van der Waals surface area contributed by atoms with Crippen molar-refractivity contribution in [1.82, 2.24) is 10.2 Å². The van der Waals surface area contributed by atoms with Gasteiger partial charge in [-0.3, -0.25) is 0 Å². The molecule has 1 heterocycles. The van der Waals surface area contributed by atoms with E-state index in [1.54, 1.807) is 0 Å². The maximum atomic E-state index is 12.4. The Balaban J connectivity index is 1.69. The van der Waals surface area contributed by atoms with E-state index in [4.69, 9.17) is 4.74 Å². The maximum absolute atomic E-state index is 12.4. The van der Waals surface area contributed by atoms with Crippen molar-refractivity contribution < 1.29 is 9.53 Å². The van der Waals surface area contributed by atoms with Gasteiger partial charge >= 0.3 is 6.03 Å². The van der Waals surface area contributed by atoms with Crippen LogP contribution in [0.5, 0.6) is 0 Å². The number of hydrogen-bond donors (Lipinski definition) is 1. The quantitative estimate of drug-likeness (QED) is 0.926. The average Bonchev–Trinajstić information content (AvgIpc) is 2.52. The minimum absolute atomic E-state index is 0.00205. The van der Waals surface area contributed by atoms with Crippen molar-refractivity contribution in [2.24, 2.45) is 0 Å². The Bertz CT molecular complexity index is 531. The van der Waals surface area contributed by atoms with Crippen molar-refractivity contribution in [1.29, 1.82) is 0 Å². The predicted molar refractivity (Wildman–Crippen MR) is 91.7 cm³/mol. The Labute approximate surface area is 139 Å². The first-order chi connectivity index (χ1) is 11.1. The largest absolute Gasteiger partial charge is 0.381 e. The number of nitrogens with zero attached hydrogens (tertiary/aromatic N) is 1. The first-order valence-corrected chi connectivity index (χ1v) is 8.76. The van der Waals surface area contributed by atoms with E-state index >= 15 is 0 Å². The molecule has 3 rings (SSSR count). The third-order valence-corrected chi connectivity index (χ3v) is 5.63. The molecule has 1 aromatic rings. The van der Waals surface area contributed by atoms with Gasteiger partial charge in [0.15, 0.2) is 0 Å². The molecule has 126 valence electrons. The third-order valence-electron chi connectivity index (χ3n) is 5.63. The molecule has 1 aliphatic heterocycles. The zero-order chi connectivity index (χ0) is 16.3. The number of urea groups is 1. The van der Waals surface area contributed by atoms with Crippen LogP contribution in [0.4, 0.5) is 4.79 Å². The van der Waals surface area contributed by atoms with Crippen molar-refractivity contribution in [2.45, 2.75) is 50.5 Å². The number of carbonyl (C=O) groups excluding carboxylic acids is 1. The number of aryl methyl sites for hydroxylation is 1. The van der Waals surface area contributed by atoms with Crippen LogP contribution in [-0.2, 0) is 10.2 Å². The van der Waals surface area contributed by atoms with Gasteiger partial charge < -0.3 is 15.0 Å². The highest BCUT2D eigenvalue weighted by molar-refractivity contribution is 5.74. The molecule has 4 heteroatoms. The van der Waals surface area contributed by atoms with E-state index in [1.807, 2.05) is 11.9 Å². The highest BCUT2D eigenvalue weighted by Crippen LogP contribution is 2.34. The normalized spacial score (nSPS) is 20.6. The van der Waals surface area contributed by atoms with E-state index in [-0.39, 0.29) is 11.4 Å². The van der Waals surface area contributed by atoms with Crippen molar-refractivity contribution in [3.05, 3.63) is 35.4 Å². The van der Waals surface area contributed by atoms with Crippen LogP contribution in [0.3, 0.4) is 0 Å². The molecule has 2 aliphatic rings. The molecule has 0 spiro atoms. The lowest BCUT2D eigenvalue weighted by Gasteiger charge is -2.40. The Morgan fingerprint density at radius 1 is 1.26 bits per heavy atom. The van der Waals surface area contributed by atoms with Gasteiger partial charge in [-0.1, -0.05) is 29.8 Å². The third kappa shape index (κ3) is 3.52. The number of rotatable bonds is 4. The van der Waals surface area contributed by atoms with Crippen LogP contribution in [0.2, 0.25) is 0 Å². The Morgan fingerprint density at radius 3 is 2.48 bits per heavy atom. The first-order valence-electron chi connectivity index (χ1n) is 8.76. The summed E-state index contributed by atoms with van der Waals surface area (Å²) in [7, 11) is 1.92. The number of nitrogens with one attached hydrogen (secondary N) is 1. The Kier molecular flexibility index (Phi) is 4.90. The summed E-state index contributed by atoms with van der Waals surface area (Å²) in [4.78, 5) is 14.3. The number of carbonyl (C=O) groups is 1. The smallest absolute Gasteiger partial charge is 0.317 e. The molecule has 1 saturated heterocycles. The standard InChI is InChI=1S/C19H28N2O2/c1-15-6-8-16(9-7-15)19(10-12-23-13-11-19)14-20-18(22)21(2)17-4-3-5-17/h6-9,17H,3-5,10-14H2,1-2H3,(H,20,22). The minimum atomic E-state index is 0.00205. The van der Waals surface area contributed by atoms with E-state index in [0.717, 1.165) is 38.9 Å². The van der Waals surface area contributed by atoms with Crippen LogP contribution in [0.15, 0.2) is 24.3 Å². The van der Waals surface area contributed by atoms with Crippen LogP contribution in [0, 0.1) is 6.92 Å². The lowest BCUT2D eigenvalue weighted by Crippen LogP contribution is -2.51. The minimum Gasteiger partial charge on any atom is -0.381 e. The van der Waals surface area contributed by atoms with Crippen LogP contribution in [0.1, 0.15) is 43.2 Å². The van der Waals surface area contributed by atoms with Gasteiger partial charge in [-0.05, 0) is 44.6 Å². The zero-order valence-electron chi connectivity index (χ0n) is 14.3. The molecule has 0 unspecified atom stereocenters. The molecule has 1 N–H and O–H groups in total. The molecule has 0 aromatic heterocycles. The molecule has 1 aromatic carbocycles. The van der Waals surface area contributed by atoms with Gasteiger partial charge in [0, 0.05) is 38.3 Å². The van der Waals surface area contributed by atoms with E-state index in [1.165, 1.54) is 17.5 Å². The van der Waals surface area contributed by atoms with Gasteiger partial charge in [0.2, 0.25) is 0 Å². The second-order valence-electron chi connectivity index (χ2n) is 7.11. The zero-order valence-corrected chi connectivity index (χ0v) is 14.3. The monoisotopic (exact) mass is 316 g/mol. The molecule has 0 atom stereocenters. The fourth-order valence-corrected chi connectivity index (χ4v) is 3.55. The fraction of sp³-hybridized carbons (Fsp3) is 0.632. The molecule has 1 saturated carbocycles. The van der Waals surface area contributed by atoms with Gasteiger partial charge in [-0.2, -0.15) is 0 Å². The summed E-state index contributed by atoms with van der Waals surface area (Å²) in [6.07, 6.45) is 5.45. The highest BCUT2D eigenvalue weighted by atomic mass is 16.5. The average molecular weight is 316 g/mol. The summed E-state index contributed by atoms with van der Waals surface area (Å²) in [6.45, 7) is 4.33. The molecular formula is C19H28N2O2. The molecule has 1 aliphatic carbocycles. The number of amides is 2. The van der Waals surface area contributed by atoms with E-state index in [9.17, 15) is 4.79 Å². The van der Waals surface area contributed by atoms with E-state index < -0.39 is 0 Å². The fourth-order valence-electron chi connectivity index (χ4n) is 3.55. The molecule has 2 amide bonds. The van der Waals surface area contributed by atoms with Crippen LogP contribution < -0.4 is 5.32 Å². The Hall–Kier alpha value is -1.55. The van der Waals surface area contributed by atoms with Crippen LogP contribution >= 0.6 is 0 Å². The summed E-state index contributed by atoms with van der Waals surface area (Å²) in [5, 5.41) is 3.19. The molecule has 0 bridgehead atoms. The molecular weight excluding hydrogens is 288 g/mol. The van der Waals surface area contributed by atoms with Gasteiger partial charge in [-0.25, -0.2) is 4.79 Å². The van der Waals surface area contributed by atoms with Crippen molar-refractivity contribution >= 4 is 6.03 Å². The molecule has 2 fully saturated rings. The summed E-state index contributed by atoms with van der Waals surface area (Å²) in [6, 6.07) is 9.24. The van der Waals surface area contributed by atoms with Crippen LogP contribution in [0.25, 0.3) is 0 Å². The van der Waals surface area contributed by atoms with Gasteiger partial charge in [0.1, 0.15) is 0 Å². The van der Waals surface area contributed by atoms with Gasteiger partial charge in [0.25, 0.3) is 0 Å². The summed E-state index contributed by atoms with van der Waals surface area (Å²) >= 11 is 0. The van der Waals surface area contributed by atoms with Gasteiger partial charge in [0.05, 0.1) is 0 Å². The number of hydrogen-bond acceptors (Lipinski definition) is 2. The Morgan fingerprint density at radius 2 is 1.91 bits per heavy atom. The van der Waals surface area contributed by atoms with Crippen molar-refractivity contribution in [3.63, 3.8) is 0 Å². The number of ether oxygens (including phenoxy) is 1. The summed E-state index contributed by atoms with van der Waals surface area (Å²) in [5.74, 6) is 0.